The molecule has 2 aromatic rings. The van der Waals surface area contributed by atoms with Crippen LogP contribution in [0.25, 0.3) is 0 Å². The van der Waals surface area contributed by atoms with Crippen molar-refractivity contribution in [3.05, 3.63) is 65.2 Å². The van der Waals surface area contributed by atoms with E-state index in [0.29, 0.717) is 6.54 Å². The first-order valence-electron chi connectivity index (χ1n) is 8.16. The second-order valence-electron chi connectivity index (χ2n) is 6.43. The van der Waals surface area contributed by atoms with Gasteiger partial charge in [0.1, 0.15) is 0 Å². The van der Waals surface area contributed by atoms with Gasteiger partial charge in [0.05, 0.1) is 18.2 Å². The van der Waals surface area contributed by atoms with Gasteiger partial charge in [0.15, 0.2) is 0 Å². The number of benzene rings is 2. The molecule has 0 bridgehead atoms. The molecular formula is C20H22N2O2. The number of carbonyl (C=O) groups is 2. The minimum Gasteiger partial charge on any atom is -0.290 e. The fourth-order valence-corrected chi connectivity index (χ4v) is 3.34. The Kier molecular flexibility index (Phi) is 4.49. The molecule has 0 radical (unpaired) electrons. The monoisotopic (exact) mass is 322 g/mol. The van der Waals surface area contributed by atoms with E-state index in [0.717, 1.165) is 22.4 Å². The molecule has 0 saturated carbocycles. The van der Waals surface area contributed by atoms with Crippen LogP contribution < -0.4 is 4.90 Å². The average molecular weight is 322 g/mol. The Hall–Kier alpha value is -2.46. The SMILES string of the molecule is Cc1cccc(C)c1N1C(=O)CC(N(C)Cc2ccccc2)C1=O. The van der Waals surface area contributed by atoms with Crippen molar-refractivity contribution in [1.82, 2.24) is 4.90 Å². The van der Waals surface area contributed by atoms with Crippen molar-refractivity contribution in [2.45, 2.75) is 32.9 Å². The molecule has 124 valence electrons. The number of aryl methyl sites for hydroxylation is 2. The average Bonchev–Trinajstić information content (AvgIpc) is 2.84. The Morgan fingerprint density at radius 1 is 1.00 bits per heavy atom. The highest BCUT2D eigenvalue weighted by Crippen LogP contribution is 2.31. The Bertz CT molecular complexity index is 750. The fraction of sp³-hybridized carbons (Fsp3) is 0.300. The Labute approximate surface area is 142 Å². The molecule has 0 spiro atoms. The summed E-state index contributed by atoms with van der Waals surface area (Å²) in [6.45, 7) is 4.51. The lowest BCUT2D eigenvalue weighted by molar-refractivity contribution is -0.122. The number of para-hydroxylation sites is 1. The molecule has 1 aliphatic heterocycles. The van der Waals surface area contributed by atoms with Gasteiger partial charge in [-0.2, -0.15) is 0 Å². The smallest absolute Gasteiger partial charge is 0.251 e. The van der Waals surface area contributed by atoms with Crippen molar-refractivity contribution in [1.29, 1.82) is 0 Å². The Balaban J connectivity index is 1.84. The molecule has 1 heterocycles. The van der Waals surface area contributed by atoms with E-state index in [1.807, 2.05) is 74.3 Å². The zero-order chi connectivity index (χ0) is 17.3. The predicted octanol–water partition coefficient (Wildman–Crippen LogP) is 3.07. The minimum atomic E-state index is -0.406. The van der Waals surface area contributed by atoms with Gasteiger partial charge in [0.2, 0.25) is 5.91 Å². The first kappa shape index (κ1) is 16.4. The number of anilines is 1. The van der Waals surface area contributed by atoms with Crippen LogP contribution in [0.1, 0.15) is 23.1 Å². The van der Waals surface area contributed by atoms with Crippen LogP contribution in [0, 0.1) is 13.8 Å². The van der Waals surface area contributed by atoms with E-state index < -0.39 is 6.04 Å². The molecule has 4 heteroatoms. The van der Waals surface area contributed by atoms with Gasteiger partial charge < -0.3 is 0 Å². The van der Waals surface area contributed by atoms with Crippen molar-refractivity contribution in [3.63, 3.8) is 0 Å². The zero-order valence-electron chi connectivity index (χ0n) is 14.3. The third-order valence-electron chi connectivity index (χ3n) is 4.59. The third-order valence-corrected chi connectivity index (χ3v) is 4.59. The van der Waals surface area contributed by atoms with E-state index in [1.54, 1.807) is 0 Å². The van der Waals surface area contributed by atoms with Crippen LogP contribution in [0.15, 0.2) is 48.5 Å². The second kappa shape index (κ2) is 6.57. The fourth-order valence-electron chi connectivity index (χ4n) is 3.34. The lowest BCUT2D eigenvalue weighted by atomic mass is 10.1. The second-order valence-corrected chi connectivity index (χ2v) is 6.43. The molecule has 3 rings (SSSR count). The first-order valence-corrected chi connectivity index (χ1v) is 8.16. The van der Waals surface area contributed by atoms with E-state index in [2.05, 4.69) is 0 Å². The van der Waals surface area contributed by atoms with E-state index in [-0.39, 0.29) is 18.2 Å². The summed E-state index contributed by atoms with van der Waals surface area (Å²) in [7, 11) is 1.90. The van der Waals surface area contributed by atoms with Crippen molar-refractivity contribution < 1.29 is 9.59 Å². The summed E-state index contributed by atoms with van der Waals surface area (Å²) in [6.07, 6.45) is 0.232. The molecule has 0 aromatic heterocycles. The number of nitrogens with zero attached hydrogens (tertiary/aromatic N) is 2. The normalized spacial score (nSPS) is 17.8. The summed E-state index contributed by atoms with van der Waals surface area (Å²) >= 11 is 0. The van der Waals surface area contributed by atoms with Crippen LogP contribution in [0.4, 0.5) is 5.69 Å². The number of hydrogen-bond acceptors (Lipinski definition) is 3. The number of carbonyl (C=O) groups excluding carboxylic acids is 2. The molecule has 0 aliphatic carbocycles. The zero-order valence-corrected chi connectivity index (χ0v) is 14.3. The maximum Gasteiger partial charge on any atom is 0.251 e. The van der Waals surface area contributed by atoms with E-state index in [4.69, 9.17) is 0 Å². The van der Waals surface area contributed by atoms with Crippen LogP contribution in [0.5, 0.6) is 0 Å². The van der Waals surface area contributed by atoms with Gasteiger partial charge >= 0.3 is 0 Å². The summed E-state index contributed by atoms with van der Waals surface area (Å²) in [5, 5.41) is 0. The molecule has 1 atom stereocenters. The van der Waals surface area contributed by atoms with E-state index >= 15 is 0 Å². The molecule has 4 nitrogen and oxygen atoms in total. The predicted molar refractivity (Wildman–Crippen MR) is 94.7 cm³/mol. The number of hydrogen-bond donors (Lipinski definition) is 0. The van der Waals surface area contributed by atoms with Crippen LogP contribution in [0.3, 0.4) is 0 Å². The van der Waals surface area contributed by atoms with Gasteiger partial charge in [-0.25, -0.2) is 4.90 Å². The topological polar surface area (TPSA) is 40.6 Å². The Morgan fingerprint density at radius 2 is 1.62 bits per heavy atom. The quantitative estimate of drug-likeness (QED) is 0.812. The van der Waals surface area contributed by atoms with Crippen molar-refractivity contribution in [2.24, 2.45) is 0 Å². The summed E-state index contributed by atoms with van der Waals surface area (Å²) in [4.78, 5) is 28.8. The van der Waals surface area contributed by atoms with Crippen molar-refractivity contribution >= 4 is 17.5 Å². The third kappa shape index (κ3) is 2.97. The van der Waals surface area contributed by atoms with Crippen LogP contribution in [0.2, 0.25) is 0 Å². The first-order chi connectivity index (χ1) is 11.5. The molecule has 1 aliphatic rings. The maximum atomic E-state index is 12.9. The lowest BCUT2D eigenvalue weighted by Gasteiger charge is -2.24. The summed E-state index contributed by atoms with van der Waals surface area (Å²) in [6, 6.07) is 15.4. The molecular weight excluding hydrogens is 300 g/mol. The molecule has 1 fully saturated rings. The van der Waals surface area contributed by atoms with Gasteiger partial charge in [-0.05, 0) is 37.6 Å². The number of amides is 2. The Morgan fingerprint density at radius 3 is 2.25 bits per heavy atom. The van der Waals surface area contributed by atoms with Gasteiger partial charge in [-0.3, -0.25) is 14.5 Å². The van der Waals surface area contributed by atoms with Crippen LogP contribution in [-0.4, -0.2) is 29.8 Å². The van der Waals surface area contributed by atoms with Crippen LogP contribution in [-0.2, 0) is 16.1 Å². The highest BCUT2D eigenvalue weighted by Gasteiger charge is 2.42. The summed E-state index contributed by atoms with van der Waals surface area (Å²) in [5.41, 5.74) is 3.76. The molecule has 1 unspecified atom stereocenters. The van der Waals surface area contributed by atoms with Crippen molar-refractivity contribution in [3.8, 4) is 0 Å². The van der Waals surface area contributed by atoms with Gasteiger partial charge in [0.25, 0.3) is 5.91 Å². The maximum absolute atomic E-state index is 12.9. The van der Waals surface area contributed by atoms with Crippen LogP contribution >= 0.6 is 0 Å². The van der Waals surface area contributed by atoms with Crippen molar-refractivity contribution in [2.75, 3.05) is 11.9 Å². The molecule has 1 saturated heterocycles. The standard InChI is InChI=1S/C20H22N2O2/c1-14-8-7-9-15(2)19(14)22-18(23)12-17(20(22)24)21(3)13-16-10-5-4-6-11-16/h4-11,17H,12-13H2,1-3H3. The highest BCUT2D eigenvalue weighted by atomic mass is 16.2. The number of rotatable bonds is 4. The molecule has 0 N–H and O–H groups in total. The minimum absolute atomic E-state index is 0.123. The van der Waals surface area contributed by atoms with E-state index in [9.17, 15) is 9.59 Å². The van der Waals surface area contributed by atoms with Gasteiger partial charge in [0, 0.05) is 6.54 Å². The number of imide groups is 1. The number of likely N-dealkylation sites (N-methyl/N-ethyl adjacent to an activating group) is 1. The van der Waals surface area contributed by atoms with E-state index in [1.165, 1.54) is 4.90 Å². The lowest BCUT2D eigenvalue weighted by Crippen LogP contribution is -2.40. The molecule has 2 aromatic carbocycles. The molecule has 2 amide bonds. The van der Waals surface area contributed by atoms with Gasteiger partial charge in [-0.1, -0.05) is 48.5 Å². The largest absolute Gasteiger partial charge is 0.290 e. The highest BCUT2D eigenvalue weighted by molar-refractivity contribution is 6.23. The molecule has 24 heavy (non-hydrogen) atoms. The summed E-state index contributed by atoms with van der Waals surface area (Å²) < 4.78 is 0. The van der Waals surface area contributed by atoms with Gasteiger partial charge in [-0.15, -0.1) is 0 Å². The summed E-state index contributed by atoms with van der Waals surface area (Å²) in [5.74, 6) is -0.252.